The number of likely N-dealkylation sites (N-methyl/N-ethyl adjacent to an activating group) is 1. The minimum atomic E-state index is -0.221. The van der Waals surface area contributed by atoms with Crippen LogP contribution >= 0.6 is 11.8 Å². The van der Waals surface area contributed by atoms with Crippen LogP contribution < -0.4 is 0 Å². The Morgan fingerprint density at radius 3 is 2.88 bits per heavy atom. The van der Waals surface area contributed by atoms with Gasteiger partial charge in [-0.25, -0.2) is 0 Å². The highest BCUT2D eigenvalue weighted by Crippen LogP contribution is 2.24. The van der Waals surface area contributed by atoms with Gasteiger partial charge in [0.1, 0.15) is 23.7 Å². The molecule has 1 aromatic heterocycles. The summed E-state index contributed by atoms with van der Waals surface area (Å²) in [5.41, 5.74) is 1.54. The molecule has 8 heteroatoms. The molecule has 0 aromatic carbocycles. The maximum absolute atomic E-state index is 8.59. The minimum Gasteiger partial charge on any atom is -0.499 e. The molecule has 0 fully saturated rings. The van der Waals surface area contributed by atoms with Crippen LogP contribution in [-0.4, -0.2) is 55.4 Å². The van der Waals surface area contributed by atoms with E-state index in [9.17, 15) is 0 Å². The lowest BCUT2D eigenvalue weighted by Gasteiger charge is -2.35. The Hall–Kier alpha value is -2.50. The summed E-state index contributed by atoms with van der Waals surface area (Å²) >= 11 is 1.27. The lowest BCUT2D eigenvalue weighted by molar-refractivity contribution is 0.0655. The molecule has 0 bridgehead atoms. The van der Waals surface area contributed by atoms with Crippen molar-refractivity contribution in [2.75, 3.05) is 27.0 Å². The van der Waals surface area contributed by atoms with Crippen molar-refractivity contribution in [1.82, 2.24) is 4.90 Å². The summed E-state index contributed by atoms with van der Waals surface area (Å²) in [6.45, 7) is 1.87. The minimum absolute atomic E-state index is 0.210. The zero-order valence-corrected chi connectivity index (χ0v) is 16.1. The molecule has 1 aliphatic rings. The van der Waals surface area contributed by atoms with E-state index in [2.05, 4.69) is 10.2 Å². The molecule has 2 atom stereocenters. The second kappa shape index (κ2) is 9.85. The van der Waals surface area contributed by atoms with E-state index >= 15 is 0 Å². The number of nitriles is 1. The van der Waals surface area contributed by atoms with E-state index in [1.54, 1.807) is 14.2 Å². The normalized spacial score (nSPS) is 20.1. The Morgan fingerprint density at radius 1 is 1.46 bits per heavy atom. The molecule has 2 rings (SSSR count). The number of allylic oxidation sites excluding steroid dienone is 2. The van der Waals surface area contributed by atoms with E-state index in [0.717, 1.165) is 11.5 Å². The fraction of sp³-hybridized carbons (Fsp3) is 0.389. The molecule has 1 heterocycles. The van der Waals surface area contributed by atoms with Gasteiger partial charge in [0.05, 0.1) is 24.5 Å². The van der Waals surface area contributed by atoms with Crippen molar-refractivity contribution < 1.29 is 13.9 Å². The van der Waals surface area contributed by atoms with Crippen LogP contribution in [0.4, 0.5) is 0 Å². The maximum Gasteiger partial charge on any atom is 0.194 e. The fourth-order valence-corrected chi connectivity index (χ4v) is 2.86. The largest absolute Gasteiger partial charge is 0.499 e. The average Bonchev–Trinajstić information content (AvgIpc) is 3.09. The standard InChI is InChI=1S/C18H22N4O3S/c1-13-8-9-16(25-13)18(21-20-12-26-11-10-19)22(2)17-14(23-3)6-5-7-15(17)24-4/h5-9,12,14,17H,11H2,1-4H3/b20-12+,21-18-. The third kappa shape index (κ3) is 4.77. The van der Waals surface area contributed by atoms with E-state index in [4.69, 9.17) is 19.2 Å². The van der Waals surface area contributed by atoms with Crippen LogP contribution in [0.2, 0.25) is 0 Å². The molecule has 138 valence electrons. The Kier molecular flexibility index (Phi) is 7.51. The van der Waals surface area contributed by atoms with Gasteiger partial charge in [0.25, 0.3) is 0 Å². The second-order valence-electron chi connectivity index (χ2n) is 5.44. The van der Waals surface area contributed by atoms with Crippen molar-refractivity contribution in [2.24, 2.45) is 10.2 Å². The van der Waals surface area contributed by atoms with Crippen molar-refractivity contribution >= 4 is 23.1 Å². The summed E-state index contributed by atoms with van der Waals surface area (Å²) in [6.07, 6.45) is 5.55. The molecule has 1 aliphatic carbocycles. The second-order valence-corrected chi connectivity index (χ2v) is 6.27. The van der Waals surface area contributed by atoms with Crippen LogP contribution in [0.1, 0.15) is 11.5 Å². The molecule has 7 nitrogen and oxygen atoms in total. The highest BCUT2D eigenvalue weighted by Gasteiger charge is 2.33. The average molecular weight is 374 g/mol. The van der Waals surface area contributed by atoms with Gasteiger partial charge in [-0.2, -0.15) is 5.26 Å². The summed E-state index contributed by atoms with van der Waals surface area (Å²) in [7, 11) is 5.17. The zero-order chi connectivity index (χ0) is 18.9. The first-order chi connectivity index (χ1) is 12.6. The molecule has 0 aliphatic heterocycles. The number of rotatable bonds is 7. The van der Waals surface area contributed by atoms with Crippen molar-refractivity contribution in [1.29, 1.82) is 5.26 Å². The summed E-state index contributed by atoms with van der Waals surface area (Å²) < 4.78 is 16.9. The van der Waals surface area contributed by atoms with Crippen molar-refractivity contribution in [3.63, 3.8) is 0 Å². The summed E-state index contributed by atoms with van der Waals surface area (Å²) in [6, 6.07) is 5.53. The highest BCUT2D eigenvalue weighted by molar-refractivity contribution is 8.12. The van der Waals surface area contributed by atoms with Crippen LogP contribution in [0.3, 0.4) is 0 Å². The van der Waals surface area contributed by atoms with Gasteiger partial charge >= 0.3 is 0 Å². The van der Waals surface area contributed by atoms with Crippen LogP contribution in [0.5, 0.6) is 0 Å². The third-order valence-electron chi connectivity index (χ3n) is 3.81. The number of thioether (sulfide) groups is 1. The van der Waals surface area contributed by atoms with Crippen LogP contribution in [0.15, 0.2) is 50.7 Å². The highest BCUT2D eigenvalue weighted by atomic mass is 32.2. The molecule has 26 heavy (non-hydrogen) atoms. The SMILES string of the molecule is COC1=CC=CC(OC)C1N(C)/C(=N\N=C\SCC#N)c1ccc(C)o1. The fourth-order valence-electron chi connectivity index (χ4n) is 2.60. The van der Waals surface area contributed by atoms with Crippen LogP contribution in [-0.2, 0) is 9.47 Å². The zero-order valence-electron chi connectivity index (χ0n) is 15.2. The van der Waals surface area contributed by atoms with Gasteiger partial charge in [0, 0.05) is 14.2 Å². The van der Waals surface area contributed by atoms with Gasteiger partial charge in [-0.1, -0.05) is 23.9 Å². The van der Waals surface area contributed by atoms with E-state index in [0.29, 0.717) is 17.3 Å². The first-order valence-electron chi connectivity index (χ1n) is 7.95. The molecule has 0 spiro atoms. The molecule has 0 amide bonds. The number of hydrogen-bond donors (Lipinski definition) is 0. The van der Waals surface area contributed by atoms with Crippen molar-refractivity contribution in [2.45, 2.75) is 19.1 Å². The predicted octanol–water partition coefficient (Wildman–Crippen LogP) is 2.95. The van der Waals surface area contributed by atoms with Gasteiger partial charge in [-0.05, 0) is 25.1 Å². The molecule has 0 N–H and O–H groups in total. The van der Waals surface area contributed by atoms with E-state index < -0.39 is 0 Å². The Labute approximate surface area is 157 Å². The maximum atomic E-state index is 8.59. The molecule has 0 saturated heterocycles. The van der Waals surface area contributed by atoms with Gasteiger partial charge in [0.15, 0.2) is 11.6 Å². The topological polar surface area (TPSA) is 83.4 Å². The quantitative estimate of drug-likeness (QED) is 0.316. The molecule has 2 unspecified atom stereocenters. The van der Waals surface area contributed by atoms with Crippen molar-refractivity contribution in [3.05, 3.63) is 47.6 Å². The third-order valence-corrected chi connectivity index (χ3v) is 4.35. The van der Waals surface area contributed by atoms with Crippen LogP contribution in [0, 0.1) is 18.3 Å². The monoisotopic (exact) mass is 374 g/mol. The molecular weight excluding hydrogens is 352 g/mol. The lowest BCUT2D eigenvalue weighted by atomic mass is 10.0. The van der Waals surface area contributed by atoms with Gasteiger partial charge in [0.2, 0.25) is 0 Å². The molecule has 1 aromatic rings. The van der Waals surface area contributed by atoms with Gasteiger partial charge < -0.3 is 18.8 Å². The number of hydrogen-bond acceptors (Lipinski definition) is 7. The molecular formula is C18H22N4O3S. The first-order valence-corrected chi connectivity index (χ1v) is 9.00. The molecule has 0 saturated carbocycles. The first kappa shape index (κ1) is 19.8. The number of furan rings is 1. The molecule has 0 radical (unpaired) electrons. The number of amidine groups is 1. The number of aryl methyl sites for hydroxylation is 1. The Balaban J connectivity index is 2.35. The summed E-state index contributed by atoms with van der Waals surface area (Å²) in [4.78, 5) is 1.91. The van der Waals surface area contributed by atoms with Gasteiger partial charge in [-0.3, -0.25) is 0 Å². The number of ether oxygens (including phenoxy) is 2. The Bertz CT molecular complexity index is 761. The van der Waals surface area contributed by atoms with Gasteiger partial charge in [-0.15, -0.1) is 10.2 Å². The number of methoxy groups -OCH3 is 2. The summed E-state index contributed by atoms with van der Waals surface area (Å²) in [5, 5.41) is 17.0. The van der Waals surface area contributed by atoms with Crippen LogP contribution in [0.25, 0.3) is 0 Å². The number of nitrogens with zero attached hydrogens (tertiary/aromatic N) is 4. The lowest BCUT2D eigenvalue weighted by Crippen LogP contribution is -2.47. The smallest absolute Gasteiger partial charge is 0.194 e. The van der Waals surface area contributed by atoms with E-state index in [1.165, 1.54) is 17.3 Å². The van der Waals surface area contributed by atoms with Crippen molar-refractivity contribution in [3.8, 4) is 6.07 Å². The Morgan fingerprint density at radius 2 is 2.27 bits per heavy atom. The van der Waals surface area contributed by atoms with E-state index in [-0.39, 0.29) is 12.1 Å². The summed E-state index contributed by atoms with van der Waals surface area (Å²) in [5.74, 6) is 2.98. The van der Waals surface area contributed by atoms with E-state index in [1.807, 2.05) is 55.3 Å². The predicted molar refractivity (Wildman–Crippen MR) is 103 cm³/mol.